The first-order chi connectivity index (χ1) is 9.69. The van der Waals surface area contributed by atoms with E-state index in [0.717, 1.165) is 0 Å². The maximum atomic E-state index is 12.0. The van der Waals surface area contributed by atoms with Crippen LogP contribution in [-0.4, -0.2) is 24.9 Å². The molecule has 0 aromatic heterocycles. The lowest BCUT2D eigenvalue weighted by Gasteiger charge is -2.18. The zero-order valence-corrected chi connectivity index (χ0v) is 13.6. The Hall–Kier alpha value is -1.84. The van der Waals surface area contributed by atoms with Crippen LogP contribution in [0, 0.1) is 11.3 Å². The van der Waals surface area contributed by atoms with Crippen molar-refractivity contribution in [3.8, 4) is 0 Å². The number of rotatable bonds is 5. The molecule has 0 aliphatic carbocycles. The standard InChI is InChI=1S/C17H26N2O2/c1-12(2)10-18-15(20)13-6-8-14(9-7-13)16(21)19-11-17(3,4)5/h6-9,12H,10-11H2,1-5H3,(H,18,20)(H,19,21). The topological polar surface area (TPSA) is 58.2 Å². The Morgan fingerprint density at radius 2 is 1.38 bits per heavy atom. The summed E-state index contributed by atoms with van der Waals surface area (Å²) >= 11 is 0. The number of amides is 2. The number of carbonyl (C=O) groups excluding carboxylic acids is 2. The molecule has 0 fully saturated rings. The highest BCUT2D eigenvalue weighted by molar-refractivity contribution is 5.97. The maximum Gasteiger partial charge on any atom is 0.251 e. The van der Waals surface area contributed by atoms with Crippen molar-refractivity contribution in [3.05, 3.63) is 35.4 Å². The lowest BCUT2D eigenvalue weighted by molar-refractivity contribution is 0.0931. The van der Waals surface area contributed by atoms with Crippen LogP contribution in [0.4, 0.5) is 0 Å². The predicted molar refractivity (Wildman–Crippen MR) is 85.4 cm³/mol. The van der Waals surface area contributed by atoms with E-state index in [1.165, 1.54) is 0 Å². The summed E-state index contributed by atoms with van der Waals surface area (Å²) in [5, 5.41) is 5.74. The Balaban J connectivity index is 2.61. The molecule has 0 aliphatic heterocycles. The van der Waals surface area contributed by atoms with Gasteiger partial charge in [0.15, 0.2) is 0 Å². The van der Waals surface area contributed by atoms with Crippen molar-refractivity contribution in [1.82, 2.24) is 10.6 Å². The average molecular weight is 290 g/mol. The van der Waals surface area contributed by atoms with Gasteiger partial charge in [0.05, 0.1) is 0 Å². The van der Waals surface area contributed by atoms with Gasteiger partial charge in [-0.3, -0.25) is 9.59 Å². The van der Waals surface area contributed by atoms with E-state index >= 15 is 0 Å². The number of nitrogens with one attached hydrogen (secondary N) is 2. The van der Waals surface area contributed by atoms with Crippen molar-refractivity contribution in [3.63, 3.8) is 0 Å². The molecule has 0 saturated heterocycles. The molecule has 2 amide bonds. The predicted octanol–water partition coefficient (Wildman–Crippen LogP) is 2.85. The van der Waals surface area contributed by atoms with Gasteiger partial charge in [-0.25, -0.2) is 0 Å². The summed E-state index contributed by atoms with van der Waals surface area (Å²) < 4.78 is 0. The first-order valence-electron chi connectivity index (χ1n) is 7.35. The molecule has 1 aromatic rings. The summed E-state index contributed by atoms with van der Waals surface area (Å²) in [5.41, 5.74) is 1.19. The molecule has 4 nitrogen and oxygen atoms in total. The molecule has 1 rings (SSSR count). The first-order valence-corrected chi connectivity index (χ1v) is 7.35. The molecule has 2 N–H and O–H groups in total. The normalized spacial score (nSPS) is 11.3. The fourth-order valence-corrected chi connectivity index (χ4v) is 1.62. The van der Waals surface area contributed by atoms with Gasteiger partial charge in [0.25, 0.3) is 11.8 Å². The van der Waals surface area contributed by atoms with E-state index in [1.807, 2.05) is 13.8 Å². The molecule has 0 radical (unpaired) electrons. The second-order valence-electron chi connectivity index (χ2n) is 6.92. The smallest absolute Gasteiger partial charge is 0.251 e. The van der Waals surface area contributed by atoms with E-state index in [4.69, 9.17) is 0 Å². The summed E-state index contributed by atoms with van der Waals surface area (Å²) in [7, 11) is 0. The third kappa shape index (κ3) is 6.43. The van der Waals surface area contributed by atoms with Crippen molar-refractivity contribution in [2.45, 2.75) is 34.6 Å². The molecule has 0 saturated carbocycles. The highest BCUT2D eigenvalue weighted by Gasteiger charge is 2.13. The van der Waals surface area contributed by atoms with Crippen molar-refractivity contribution < 1.29 is 9.59 Å². The van der Waals surface area contributed by atoms with Gasteiger partial charge >= 0.3 is 0 Å². The van der Waals surface area contributed by atoms with Gasteiger partial charge in [0.1, 0.15) is 0 Å². The van der Waals surface area contributed by atoms with Crippen molar-refractivity contribution in [2.75, 3.05) is 13.1 Å². The van der Waals surface area contributed by atoms with E-state index in [1.54, 1.807) is 24.3 Å². The molecule has 1 aromatic carbocycles. The van der Waals surface area contributed by atoms with Crippen LogP contribution in [0.15, 0.2) is 24.3 Å². The highest BCUT2D eigenvalue weighted by atomic mass is 16.2. The number of hydrogen-bond acceptors (Lipinski definition) is 2. The first kappa shape index (κ1) is 17.2. The van der Waals surface area contributed by atoms with E-state index in [0.29, 0.717) is 30.1 Å². The van der Waals surface area contributed by atoms with Gasteiger partial charge in [0.2, 0.25) is 0 Å². The zero-order chi connectivity index (χ0) is 16.0. The van der Waals surface area contributed by atoms with Crippen LogP contribution in [0.25, 0.3) is 0 Å². The second-order valence-corrected chi connectivity index (χ2v) is 6.92. The summed E-state index contributed by atoms with van der Waals surface area (Å²) in [5.74, 6) is 0.195. The van der Waals surface area contributed by atoms with Gasteiger partial charge in [-0.2, -0.15) is 0 Å². The molecule has 0 atom stereocenters. The van der Waals surface area contributed by atoms with Gasteiger partial charge in [0, 0.05) is 24.2 Å². The summed E-state index contributed by atoms with van der Waals surface area (Å²) in [4.78, 5) is 23.9. The van der Waals surface area contributed by atoms with Crippen LogP contribution in [-0.2, 0) is 0 Å². The summed E-state index contributed by atoms with van der Waals surface area (Å²) in [6.45, 7) is 11.5. The minimum atomic E-state index is -0.112. The molecule has 0 unspecified atom stereocenters. The van der Waals surface area contributed by atoms with Gasteiger partial charge in [-0.15, -0.1) is 0 Å². The fraction of sp³-hybridized carbons (Fsp3) is 0.529. The Morgan fingerprint density at radius 1 is 0.952 bits per heavy atom. The SMILES string of the molecule is CC(C)CNC(=O)c1ccc(C(=O)NCC(C)(C)C)cc1. The van der Waals surface area contributed by atoms with Crippen LogP contribution in [0.1, 0.15) is 55.3 Å². The molecule has 0 spiro atoms. The Labute approximate surface area is 127 Å². The maximum absolute atomic E-state index is 12.0. The lowest BCUT2D eigenvalue weighted by atomic mass is 9.97. The molecule has 4 heteroatoms. The van der Waals surface area contributed by atoms with Crippen molar-refractivity contribution >= 4 is 11.8 Å². The van der Waals surface area contributed by atoms with E-state index in [9.17, 15) is 9.59 Å². The number of benzene rings is 1. The summed E-state index contributed by atoms with van der Waals surface area (Å²) in [6, 6.07) is 6.73. The van der Waals surface area contributed by atoms with Gasteiger partial charge in [-0.05, 0) is 35.6 Å². The third-order valence-corrected chi connectivity index (χ3v) is 2.86. The average Bonchev–Trinajstić information content (AvgIpc) is 2.41. The number of carbonyl (C=O) groups is 2. The molecular weight excluding hydrogens is 264 g/mol. The minimum absolute atomic E-state index is 0.0479. The zero-order valence-electron chi connectivity index (χ0n) is 13.6. The van der Waals surface area contributed by atoms with Gasteiger partial charge < -0.3 is 10.6 Å². The van der Waals surface area contributed by atoms with Crippen molar-refractivity contribution in [2.24, 2.45) is 11.3 Å². The van der Waals surface area contributed by atoms with Crippen LogP contribution >= 0.6 is 0 Å². The molecule has 0 heterocycles. The van der Waals surface area contributed by atoms with Crippen LogP contribution in [0.2, 0.25) is 0 Å². The quantitative estimate of drug-likeness (QED) is 0.876. The van der Waals surface area contributed by atoms with E-state index in [-0.39, 0.29) is 17.2 Å². The van der Waals surface area contributed by atoms with Crippen LogP contribution in [0.5, 0.6) is 0 Å². The molecule has 116 valence electrons. The van der Waals surface area contributed by atoms with Gasteiger partial charge in [-0.1, -0.05) is 34.6 Å². The molecule has 0 bridgehead atoms. The van der Waals surface area contributed by atoms with Crippen LogP contribution in [0.3, 0.4) is 0 Å². The fourth-order valence-electron chi connectivity index (χ4n) is 1.62. The van der Waals surface area contributed by atoms with Crippen molar-refractivity contribution in [1.29, 1.82) is 0 Å². The highest BCUT2D eigenvalue weighted by Crippen LogP contribution is 2.11. The lowest BCUT2D eigenvalue weighted by Crippen LogP contribution is -2.32. The van der Waals surface area contributed by atoms with Crippen LogP contribution < -0.4 is 10.6 Å². The Morgan fingerprint density at radius 3 is 1.76 bits per heavy atom. The molecule has 21 heavy (non-hydrogen) atoms. The second kappa shape index (κ2) is 7.25. The third-order valence-electron chi connectivity index (χ3n) is 2.86. The Kier molecular flexibility index (Phi) is 5.94. The Bertz CT molecular complexity index is 485. The van der Waals surface area contributed by atoms with E-state index in [2.05, 4.69) is 31.4 Å². The largest absolute Gasteiger partial charge is 0.352 e. The monoisotopic (exact) mass is 290 g/mol. The summed E-state index contributed by atoms with van der Waals surface area (Å²) in [6.07, 6.45) is 0. The number of hydrogen-bond donors (Lipinski definition) is 2. The van der Waals surface area contributed by atoms with E-state index < -0.39 is 0 Å². The molecular formula is C17H26N2O2. The molecule has 0 aliphatic rings. The minimum Gasteiger partial charge on any atom is -0.352 e.